The number of amides is 1. The van der Waals surface area contributed by atoms with Crippen molar-refractivity contribution >= 4 is 21.8 Å². The second-order valence-corrected chi connectivity index (χ2v) is 6.96. The highest BCUT2D eigenvalue weighted by atomic mass is 79.9. The van der Waals surface area contributed by atoms with E-state index in [1.165, 1.54) is 12.8 Å². The maximum Gasteiger partial charge on any atom is 0.270 e. The molecule has 1 unspecified atom stereocenters. The molecule has 2 rings (SSSR count). The number of hydrogen-bond acceptors (Lipinski definition) is 1. The van der Waals surface area contributed by atoms with Gasteiger partial charge in [0.15, 0.2) is 0 Å². The first-order chi connectivity index (χ1) is 9.52. The average Bonchev–Trinajstić information content (AvgIpc) is 2.67. The monoisotopic (exact) mass is 340 g/mol. The minimum atomic E-state index is 0.182. The van der Waals surface area contributed by atoms with E-state index < -0.39 is 0 Å². The fraction of sp³-hybridized carbons (Fsp3) is 0.688. The molecular formula is C16H25BrN2O. The third-order valence-corrected chi connectivity index (χ3v) is 4.74. The van der Waals surface area contributed by atoms with E-state index in [0.29, 0.717) is 6.04 Å². The molecule has 0 radical (unpaired) electrons. The molecule has 0 aliphatic carbocycles. The molecule has 0 bridgehead atoms. The van der Waals surface area contributed by atoms with Crippen molar-refractivity contribution in [2.45, 2.75) is 52.5 Å². The van der Waals surface area contributed by atoms with Gasteiger partial charge in [0, 0.05) is 29.8 Å². The highest BCUT2D eigenvalue weighted by Crippen LogP contribution is 2.24. The fourth-order valence-electron chi connectivity index (χ4n) is 2.98. The van der Waals surface area contributed by atoms with E-state index in [4.69, 9.17) is 0 Å². The van der Waals surface area contributed by atoms with Gasteiger partial charge in [-0.2, -0.15) is 0 Å². The zero-order chi connectivity index (χ0) is 14.7. The van der Waals surface area contributed by atoms with Crippen LogP contribution in [0.1, 0.15) is 63.0 Å². The second kappa shape index (κ2) is 6.79. The molecule has 0 N–H and O–H groups in total. The van der Waals surface area contributed by atoms with Crippen LogP contribution in [-0.2, 0) is 0 Å². The smallest absolute Gasteiger partial charge is 0.270 e. The van der Waals surface area contributed by atoms with Crippen LogP contribution in [0.3, 0.4) is 0 Å². The Morgan fingerprint density at radius 1 is 1.40 bits per heavy atom. The Hall–Kier alpha value is -0.770. The van der Waals surface area contributed by atoms with Gasteiger partial charge in [-0.3, -0.25) is 4.79 Å². The quantitative estimate of drug-likeness (QED) is 0.796. The zero-order valence-electron chi connectivity index (χ0n) is 12.7. The Labute approximate surface area is 130 Å². The number of aromatic nitrogens is 1. The van der Waals surface area contributed by atoms with E-state index in [1.54, 1.807) is 0 Å². The molecule has 0 saturated carbocycles. The molecule has 2 heterocycles. The molecule has 112 valence electrons. The van der Waals surface area contributed by atoms with Gasteiger partial charge < -0.3 is 9.47 Å². The normalized spacial score (nSPS) is 20.2. The molecule has 3 nitrogen and oxygen atoms in total. The number of carbonyl (C=O) groups is 1. The van der Waals surface area contributed by atoms with Crippen molar-refractivity contribution in [1.29, 1.82) is 0 Å². The lowest BCUT2D eigenvalue weighted by Gasteiger charge is -2.22. The fourth-order valence-corrected chi connectivity index (χ4v) is 3.42. The number of carbonyl (C=O) groups excluding carboxylic acids is 1. The first-order valence-corrected chi connectivity index (χ1v) is 8.48. The number of rotatable bonds is 3. The number of likely N-dealkylation sites (tertiary alicyclic amines) is 1. The Morgan fingerprint density at radius 3 is 2.80 bits per heavy atom. The van der Waals surface area contributed by atoms with E-state index in [0.717, 1.165) is 42.0 Å². The highest BCUT2D eigenvalue weighted by molar-refractivity contribution is 9.10. The van der Waals surface area contributed by atoms with Crippen LogP contribution in [0.15, 0.2) is 16.7 Å². The topological polar surface area (TPSA) is 25.2 Å². The Balaban J connectivity index is 2.15. The summed E-state index contributed by atoms with van der Waals surface area (Å²) in [6.07, 6.45) is 6.77. The third-order valence-electron chi connectivity index (χ3n) is 4.30. The van der Waals surface area contributed by atoms with E-state index >= 15 is 0 Å². The maximum absolute atomic E-state index is 12.8. The molecule has 20 heavy (non-hydrogen) atoms. The van der Waals surface area contributed by atoms with Crippen LogP contribution >= 0.6 is 15.9 Å². The summed E-state index contributed by atoms with van der Waals surface area (Å²) in [4.78, 5) is 14.8. The van der Waals surface area contributed by atoms with Gasteiger partial charge in [-0.25, -0.2) is 0 Å². The molecule has 1 aliphatic heterocycles. The zero-order valence-corrected chi connectivity index (χ0v) is 14.3. The molecule has 1 atom stereocenters. The molecule has 1 aliphatic rings. The summed E-state index contributed by atoms with van der Waals surface area (Å²) >= 11 is 3.49. The van der Waals surface area contributed by atoms with Gasteiger partial charge in [0.05, 0.1) is 0 Å². The second-order valence-electron chi connectivity index (χ2n) is 6.04. The summed E-state index contributed by atoms with van der Waals surface area (Å²) in [5.74, 6) is 0.970. The first kappa shape index (κ1) is 15.6. The molecule has 1 saturated heterocycles. The molecule has 1 amide bonds. The summed E-state index contributed by atoms with van der Waals surface area (Å²) in [6.45, 7) is 8.27. The summed E-state index contributed by atoms with van der Waals surface area (Å²) in [6, 6.07) is 2.25. The lowest BCUT2D eigenvalue weighted by Crippen LogP contribution is -2.33. The molecular weight excluding hydrogens is 316 g/mol. The Morgan fingerprint density at radius 2 is 2.15 bits per heavy atom. The van der Waals surface area contributed by atoms with Gasteiger partial charge in [-0.1, -0.05) is 13.3 Å². The SMILES string of the molecule is CCC1CCCN(C(=O)c2cc(Br)cn2C(C)C)CC1. The molecule has 1 fully saturated rings. The largest absolute Gasteiger partial charge is 0.340 e. The summed E-state index contributed by atoms with van der Waals surface area (Å²) in [5, 5.41) is 0. The summed E-state index contributed by atoms with van der Waals surface area (Å²) in [7, 11) is 0. The molecule has 0 spiro atoms. The predicted octanol–water partition coefficient (Wildman–Crippen LogP) is 4.48. The van der Waals surface area contributed by atoms with Gasteiger partial charge in [-0.05, 0) is 61.0 Å². The van der Waals surface area contributed by atoms with Gasteiger partial charge in [0.2, 0.25) is 0 Å². The molecule has 4 heteroatoms. The van der Waals surface area contributed by atoms with Crippen LogP contribution in [0, 0.1) is 5.92 Å². The van der Waals surface area contributed by atoms with Crippen LogP contribution in [-0.4, -0.2) is 28.5 Å². The summed E-state index contributed by atoms with van der Waals surface area (Å²) < 4.78 is 3.05. The lowest BCUT2D eigenvalue weighted by molar-refractivity contribution is 0.0747. The van der Waals surface area contributed by atoms with Gasteiger partial charge in [0.1, 0.15) is 5.69 Å². The Bertz CT molecular complexity index is 467. The van der Waals surface area contributed by atoms with E-state index in [1.807, 2.05) is 17.2 Å². The van der Waals surface area contributed by atoms with Crippen molar-refractivity contribution in [2.75, 3.05) is 13.1 Å². The van der Waals surface area contributed by atoms with Gasteiger partial charge in [-0.15, -0.1) is 0 Å². The van der Waals surface area contributed by atoms with Crippen LogP contribution in [0.5, 0.6) is 0 Å². The van der Waals surface area contributed by atoms with Crippen molar-refractivity contribution < 1.29 is 4.79 Å². The van der Waals surface area contributed by atoms with Crippen LogP contribution in [0.4, 0.5) is 0 Å². The van der Waals surface area contributed by atoms with Crippen molar-refractivity contribution in [2.24, 2.45) is 5.92 Å². The number of halogens is 1. The predicted molar refractivity (Wildman–Crippen MR) is 86.1 cm³/mol. The van der Waals surface area contributed by atoms with Crippen molar-refractivity contribution in [3.8, 4) is 0 Å². The number of hydrogen-bond donors (Lipinski definition) is 0. The maximum atomic E-state index is 12.8. The van der Waals surface area contributed by atoms with Crippen LogP contribution in [0.2, 0.25) is 0 Å². The van der Waals surface area contributed by atoms with E-state index in [9.17, 15) is 4.79 Å². The minimum absolute atomic E-state index is 0.182. The Kier molecular flexibility index (Phi) is 5.30. The van der Waals surface area contributed by atoms with E-state index in [2.05, 4.69) is 41.3 Å². The van der Waals surface area contributed by atoms with Gasteiger partial charge in [0.25, 0.3) is 5.91 Å². The molecule has 1 aromatic heterocycles. The summed E-state index contributed by atoms with van der Waals surface area (Å²) in [5.41, 5.74) is 0.807. The van der Waals surface area contributed by atoms with Crippen LogP contribution < -0.4 is 0 Å². The first-order valence-electron chi connectivity index (χ1n) is 7.69. The third kappa shape index (κ3) is 3.46. The van der Waals surface area contributed by atoms with Crippen molar-refractivity contribution in [1.82, 2.24) is 9.47 Å². The average molecular weight is 341 g/mol. The molecule has 1 aromatic rings. The van der Waals surface area contributed by atoms with Crippen LogP contribution in [0.25, 0.3) is 0 Å². The number of nitrogens with zero attached hydrogens (tertiary/aromatic N) is 2. The standard InChI is InChI=1S/C16H25BrN2O/c1-4-13-6-5-8-18(9-7-13)16(20)15-10-14(17)11-19(15)12(2)3/h10-13H,4-9H2,1-3H3. The highest BCUT2D eigenvalue weighted by Gasteiger charge is 2.24. The van der Waals surface area contributed by atoms with Crippen molar-refractivity contribution in [3.63, 3.8) is 0 Å². The molecule has 0 aromatic carbocycles. The minimum Gasteiger partial charge on any atom is -0.340 e. The van der Waals surface area contributed by atoms with E-state index in [-0.39, 0.29) is 5.91 Å². The van der Waals surface area contributed by atoms with Gasteiger partial charge >= 0.3 is 0 Å². The van der Waals surface area contributed by atoms with Crippen molar-refractivity contribution in [3.05, 3.63) is 22.4 Å². The lowest BCUT2D eigenvalue weighted by atomic mass is 9.98.